The van der Waals surface area contributed by atoms with E-state index in [1.165, 1.54) is 13.8 Å². The van der Waals surface area contributed by atoms with Gasteiger partial charge in [0.05, 0.1) is 0 Å². The van der Waals surface area contributed by atoms with Gasteiger partial charge in [0, 0.05) is 11.9 Å². The Hall–Kier alpha value is -0.138. The number of carboxylic acids is 2. The van der Waals surface area contributed by atoms with Gasteiger partial charge in [-0.05, 0) is 12.8 Å². The van der Waals surface area contributed by atoms with Crippen LogP contribution < -0.4 is 10.2 Å². The second kappa shape index (κ2) is 12.5. The maximum atomic E-state index is 9.26. The molecule has 0 saturated heterocycles. The Bertz CT molecular complexity index is 99.1. The van der Waals surface area contributed by atoms with Gasteiger partial charge in [0.25, 0.3) is 0 Å². The van der Waals surface area contributed by atoms with E-state index in [2.05, 4.69) is 0 Å². The Balaban J connectivity index is -0.000000107. The normalized spacial score (nSPS) is 6.73. The van der Waals surface area contributed by atoms with Crippen molar-refractivity contribution in [2.75, 3.05) is 0 Å². The quantitative estimate of drug-likeness (QED) is 0.534. The van der Waals surface area contributed by atoms with E-state index in [0.717, 1.165) is 0 Å². The minimum Gasteiger partial charge on any atom is -0.550 e. The SMILES string of the molecule is CCC(=O)[O-].CCC(=O)[O-].[Pb+2]. The summed E-state index contributed by atoms with van der Waals surface area (Å²) >= 11 is 0. The van der Waals surface area contributed by atoms with Crippen LogP contribution in [0.5, 0.6) is 0 Å². The molecule has 0 aliphatic carbocycles. The molecule has 2 radical (unpaired) electrons. The first-order valence-corrected chi connectivity index (χ1v) is 2.94. The van der Waals surface area contributed by atoms with Crippen LogP contribution in [0.25, 0.3) is 0 Å². The number of carbonyl (C=O) groups is 2. The molecule has 4 nitrogen and oxygen atoms in total. The van der Waals surface area contributed by atoms with E-state index >= 15 is 0 Å². The molecule has 0 aromatic rings. The van der Waals surface area contributed by atoms with E-state index in [1.54, 1.807) is 0 Å². The zero-order chi connectivity index (χ0) is 8.57. The maximum absolute atomic E-state index is 9.26. The Morgan fingerprint density at radius 2 is 1.09 bits per heavy atom. The van der Waals surface area contributed by atoms with Crippen molar-refractivity contribution in [1.82, 2.24) is 0 Å². The van der Waals surface area contributed by atoms with Crippen LogP contribution in [0.1, 0.15) is 26.7 Å². The topological polar surface area (TPSA) is 80.3 Å². The van der Waals surface area contributed by atoms with Gasteiger partial charge in [-0.2, -0.15) is 0 Å². The fourth-order valence-electron chi connectivity index (χ4n) is 0. The van der Waals surface area contributed by atoms with Crippen LogP contribution in [0.3, 0.4) is 0 Å². The van der Waals surface area contributed by atoms with Crippen molar-refractivity contribution < 1.29 is 19.8 Å². The molecule has 0 saturated carbocycles. The van der Waals surface area contributed by atoms with Gasteiger partial charge in [-0.3, -0.25) is 0 Å². The second-order valence-electron chi connectivity index (χ2n) is 1.45. The summed E-state index contributed by atoms with van der Waals surface area (Å²) in [5.41, 5.74) is 0. The molecular weight excluding hydrogens is 343 g/mol. The fourth-order valence-corrected chi connectivity index (χ4v) is 0. The first-order valence-electron chi connectivity index (χ1n) is 2.94. The Labute approximate surface area is 85.8 Å². The molecule has 0 aliphatic heterocycles. The minimum absolute atomic E-state index is 0. The number of carboxylic acid groups (broad SMARTS) is 2. The summed E-state index contributed by atoms with van der Waals surface area (Å²) in [5, 5.41) is 18.5. The number of hydrogen-bond donors (Lipinski definition) is 0. The van der Waals surface area contributed by atoms with Gasteiger partial charge < -0.3 is 19.8 Å². The molecule has 0 bridgehead atoms. The summed E-state index contributed by atoms with van der Waals surface area (Å²) in [4.78, 5) is 18.5. The molecule has 0 aliphatic rings. The molecule has 0 spiro atoms. The molecule has 0 atom stereocenters. The molecule has 62 valence electrons. The first kappa shape index (κ1) is 17.1. The molecular formula is C6H10O4Pb. The van der Waals surface area contributed by atoms with E-state index in [4.69, 9.17) is 0 Å². The number of aliphatic carboxylic acids is 2. The van der Waals surface area contributed by atoms with E-state index < -0.39 is 11.9 Å². The average Bonchev–Trinajstić information content (AvgIpc) is 1.89. The monoisotopic (exact) mass is 354 g/mol. The van der Waals surface area contributed by atoms with Crippen molar-refractivity contribution >= 4 is 39.2 Å². The first-order chi connectivity index (χ1) is 4.54. The fraction of sp³-hybridized carbons (Fsp3) is 0.667. The number of hydrogen-bond acceptors (Lipinski definition) is 4. The second-order valence-corrected chi connectivity index (χ2v) is 1.45. The van der Waals surface area contributed by atoms with Crippen molar-refractivity contribution in [3.63, 3.8) is 0 Å². The molecule has 0 aromatic carbocycles. The number of carbonyl (C=O) groups excluding carboxylic acids is 2. The molecule has 11 heavy (non-hydrogen) atoms. The zero-order valence-electron chi connectivity index (χ0n) is 6.55. The molecule has 0 rings (SSSR count). The van der Waals surface area contributed by atoms with Crippen molar-refractivity contribution in [2.24, 2.45) is 0 Å². The summed E-state index contributed by atoms with van der Waals surface area (Å²) in [5.74, 6) is -1.99. The van der Waals surface area contributed by atoms with Crippen molar-refractivity contribution in [3.05, 3.63) is 0 Å². The van der Waals surface area contributed by atoms with Crippen LogP contribution in [0, 0.1) is 0 Å². The molecule has 0 aromatic heterocycles. The Morgan fingerprint density at radius 3 is 1.09 bits per heavy atom. The van der Waals surface area contributed by atoms with Crippen LogP contribution in [-0.4, -0.2) is 39.2 Å². The molecule has 0 unspecified atom stereocenters. The Morgan fingerprint density at radius 1 is 1.00 bits per heavy atom. The van der Waals surface area contributed by atoms with Crippen molar-refractivity contribution in [1.29, 1.82) is 0 Å². The smallest absolute Gasteiger partial charge is 0.550 e. The summed E-state index contributed by atoms with van der Waals surface area (Å²) < 4.78 is 0. The van der Waals surface area contributed by atoms with Crippen molar-refractivity contribution in [3.8, 4) is 0 Å². The van der Waals surface area contributed by atoms with Crippen LogP contribution in [-0.2, 0) is 9.59 Å². The van der Waals surface area contributed by atoms with E-state index in [0.29, 0.717) is 0 Å². The third-order valence-corrected chi connectivity index (χ3v) is 0.577. The summed E-state index contributed by atoms with van der Waals surface area (Å²) in [6, 6.07) is 0. The van der Waals surface area contributed by atoms with Gasteiger partial charge in [-0.25, -0.2) is 0 Å². The average molecular weight is 353 g/mol. The summed E-state index contributed by atoms with van der Waals surface area (Å²) in [6.45, 7) is 3.07. The molecule has 5 heteroatoms. The summed E-state index contributed by atoms with van der Waals surface area (Å²) in [7, 11) is 0. The van der Waals surface area contributed by atoms with E-state index in [-0.39, 0.29) is 40.1 Å². The van der Waals surface area contributed by atoms with Crippen LogP contribution in [0.2, 0.25) is 0 Å². The molecule has 0 fully saturated rings. The van der Waals surface area contributed by atoms with Crippen LogP contribution >= 0.6 is 0 Å². The maximum Gasteiger partial charge on any atom is 2.00 e. The van der Waals surface area contributed by atoms with Gasteiger partial charge >= 0.3 is 27.3 Å². The van der Waals surface area contributed by atoms with Crippen LogP contribution in [0.15, 0.2) is 0 Å². The van der Waals surface area contributed by atoms with E-state index in [9.17, 15) is 19.8 Å². The zero-order valence-corrected chi connectivity index (χ0v) is 10.4. The molecule has 0 N–H and O–H groups in total. The molecule has 0 amide bonds. The number of rotatable bonds is 2. The third-order valence-electron chi connectivity index (χ3n) is 0.577. The largest absolute Gasteiger partial charge is 2.00 e. The Kier molecular flexibility index (Phi) is 19.5. The van der Waals surface area contributed by atoms with Gasteiger partial charge in [0.2, 0.25) is 0 Å². The molecule has 0 heterocycles. The van der Waals surface area contributed by atoms with E-state index in [1.807, 2.05) is 0 Å². The standard InChI is InChI=1S/2C3H6O2.Pb/c2*1-2-3(4)5;/h2*2H2,1H3,(H,4,5);/q;;+2/p-2. The third kappa shape index (κ3) is 40.9. The van der Waals surface area contributed by atoms with Crippen molar-refractivity contribution in [2.45, 2.75) is 26.7 Å². The van der Waals surface area contributed by atoms with Crippen LogP contribution in [0.4, 0.5) is 0 Å². The van der Waals surface area contributed by atoms with Gasteiger partial charge in [0.1, 0.15) is 0 Å². The predicted octanol–water partition coefficient (Wildman–Crippen LogP) is -2.09. The van der Waals surface area contributed by atoms with Gasteiger partial charge in [0.15, 0.2) is 0 Å². The minimum atomic E-state index is -0.995. The van der Waals surface area contributed by atoms with Gasteiger partial charge in [-0.15, -0.1) is 0 Å². The van der Waals surface area contributed by atoms with Gasteiger partial charge in [-0.1, -0.05) is 13.8 Å². The predicted molar refractivity (Wildman–Crippen MR) is 36.4 cm³/mol. The summed E-state index contributed by atoms with van der Waals surface area (Å²) in [6.07, 6.45) is 0.222.